The molecule has 1 N–H and O–H groups in total. The van der Waals surface area contributed by atoms with Gasteiger partial charge >= 0.3 is 0 Å². The summed E-state index contributed by atoms with van der Waals surface area (Å²) in [5, 5.41) is 3.17. The quantitative estimate of drug-likeness (QED) is 0.552. The van der Waals surface area contributed by atoms with Crippen LogP contribution in [0.2, 0.25) is 0 Å². The Morgan fingerprint density at radius 2 is 1.56 bits per heavy atom. The number of carbonyl (C=O) groups is 1. The van der Waals surface area contributed by atoms with Crippen molar-refractivity contribution in [2.75, 3.05) is 63.7 Å². The van der Waals surface area contributed by atoms with Gasteiger partial charge < -0.3 is 19.9 Å². The van der Waals surface area contributed by atoms with Gasteiger partial charge in [0.25, 0.3) is 5.91 Å². The molecule has 178 valence electrons. The van der Waals surface area contributed by atoms with E-state index in [1.54, 1.807) is 13.2 Å². The van der Waals surface area contributed by atoms with Gasteiger partial charge in [-0.1, -0.05) is 42.5 Å². The maximum Gasteiger partial charge on any atom is 0.255 e. The first-order chi connectivity index (χ1) is 16.6. The van der Waals surface area contributed by atoms with Crippen LogP contribution in [0.15, 0.2) is 78.9 Å². The number of piperazine rings is 1. The number of amides is 1. The Bertz CT molecular complexity index is 1060. The van der Waals surface area contributed by atoms with Crippen molar-refractivity contribution in [3.05, 3.63) is 90.0 Å². The third-order valence-corrected chi connectivity index (χ3v) is 6.48. The predicted octanol–water partition coefficient (Wildman–Crippen LogP) is 4.05. The van der Waals surface area contributed by atoms with E-state index in [4.69, 9.17) is 4.74 Å². The van der Waals surface area contributed by atoms with Crippen LogP contribution in [-0.4, -0.2) is 64.7 Å². The van der Waals surface area contributed by atoms with Crippen LogP contribution in [-0.2, 0) is 0 Å². The number of anilines is 2. The lowest BCUT2D eigenvalue weighted by molar-refractivity contribution is 0.0927. The fraction of sp³-hybridized carbons (Fsp3) is 0.321. The number of rotatable bonds is 8. The second-order valence-corrected chi connectivity index (χ2v) is 8.77. The molecule has 3 aromatic carbocycles. The molecule has 3 aromatic rings. The number of ether oxygens (including phenoxy) is 1. The minimum atomic E-state index is -0.115. The molecule has 0 spiro atoms. The van der Waals surface area contributed by atoms with Crippen molar-refractivity contribution in [1.29, 1.82) is 0 Å². The third-order valence-electron chi connectivity index (χ3n) is 6.48. The minimum absolute atomic E-state index is 0.0905. The van der Waals surface area contributed by atoms with Gasteiger partial charge in [0, 0.05) is 58.2 Å². The average Bonchev–Trinajstić information content (AvgIpc) is 2.89. The van der Waals surface area contributed by atoms with Gasteiger partial charge in [0.15, 0.2) is 0 Å². The minimum Gasteiger partial charge on any atom is -0.496 e. The summed E-state index contributed by atoms with van der Waals surface area (Å²) in [6.07, 6.45) is 0. The Morgan fingerprint density at radius 3 is 2.21 bits per heavy atom. The highest BCUT2D eigenvalue weighted by Crippen LogP contribution is 2.26. The van der Waals surface area contributed by atoms with Crippen molar-refractivity contribution in [2.24, 2.45) is 0 Å². The smallest absolute Gasteiger partial charge is 0.255 e. The number of nitrogens with zero attached hydrogens (tertiary/aromatic N) is 3. The van der Waals surface area contributed by atoms with Crippen molar-refractivity contribution >= 4 is 17.3 Å². The first-order valence-corrected chi connectivity index (χ1v) is 11.8. The van der Waals surface area contributed by atoms with Crippen LogP contribution < -0.4 is 19.9 Å². The molecular weight excluding hydrogens is 424 g/mol. The molecule has 1 atom stereocenters. The summed E-state index contributed by atoms with van der Waals surface area (Å²) >= 11 is 0. The van der Waals surface area contributed by atoms with Gasteiger partial charge in [0.1, 0.15) is 5.75 Å². The van der Waals surface area contributed by atoms with Crippen LogP contribution >= 0.6 is 0 Å². The van der Waals surface area contributed by atoms with Crippen LogP contribution in [0.25, 0.3) is 0 Å². The summed E-state index contributed by atoms with van der Waals surface area (Å²) in [5.41, 5.74) is 4.19. The molecule has 0 saturated carbocycles. The molecule has 0 aromatic heterocycles. The van der Waals surface area contributed by atoms with E-state index in [0.29, 0.717) is 17.9 Å². The van der Waals surface area contributed by atoms with Crippen molar-refractivity contribution in [1.82, 2.24) is 10.2 Å². The summed E-state index contributed by atoms with van der Waals surface area (Å²) in [4.78, 5) is 20.0. The maximum atomic E-state index is 13.0. The normalized spacial score (nSPS) is 15.0. The number of benzene rings is 3. The summed E-state index contributed by atoms with van der Waals surface area (Å²) < 4.78 is 5.38. The second-order valence-electron chi connectivity index (χ2n) is 8.77. The van der Waals surface area contributed by atoms with E-state index in [9.17, 15) is 4.79 Å². The van der Waals surface area contributed by atoms with E-state index in [1.807, 2.05) is 32.3 Å². The SMILES string of the molecule is COc1ccccc1C(=O)NCC(c1ccc(N(C)C)cc1)N1CCN(c2ccccc2)CC1. The molecule has 1 fully saturated rings. The molecule has 6 heteroatoms. The molecule has 0 aliphatic carbocycles. The van der Waals surface area contributed by atoms with Gasteiger partial charge in [-0.2, -0.15) is 0 Å². The Balaban J connectivity index is 1.50. The molecule has 1 amide bonds. The first kappa shape index (κ1) is 23.6. The summed E-state index contributed by atoms with van der Waals surface area (Å²) in [6, 6.07) is 26.6. The monoisotopic (exact) mass is 458 g/mol. The zero-order valence-corrected chi connectivity index (χ0v) is 20.3. The van der Waals surface area contributed by atoms with Crippen LogP contribution in [0.3, 0.4) is 0 Å². The molecule has 0 bridgehead atoms. The molecule has 1 aliphatic rings. The van der Waals surface area contributed by atoms with Crippen LogP contribution in [0, 0.1) is 0 Å². The molecule has 1 unspecified atom stereocenters. The lowest BCUT2D eigenvalue weighted by Gasteiger charge is -2.40. The van der Waals surface area contributed by atoms with Crippen molar-refractivity contribution in [3.8, 4) is 5.75 Å². The number of para-hydroxylation sites is 2. The second kappa shape index (κ2) is 11.1. The van der Waals surface area contributed by atoms with Gasteiger partial charge in [-0.15, -0.1) is 0 Å². The zero-order valence-electron chi connectivity index (χ0n) is 20.3. The molecule has 1 saturated heterocycles. The Labute approximate surface area is 202 Å². The molecule has 34 heavy (non-hydrogen) atoms. The zero-order chi connectivity index (χ0) is 23.9. The Kier molecular flexibility index (Phi) is 7.70. The molecular formula is C28H34N4O2. The summed E-state index contributed by atoms with van der Waals surface area (Å²) in [5.74, 6) is 0.471. The van der Waals surface area contributed by atoms with Crippen LogP contribution in [0.5, 0.6) is 5.75 Å². The van der Waals surface area contributed by atoms with Crippen LogP contribution in [0.4, 0.5) is 11.4 Å². The largest absolute Gasteiger partial charge is 0.496 e. The third kappa shape index (κ3) is 5.51. The number of hydrogen-bond acceptors (Lipinski definition) is 5. The lowest BCUT2D eigenvalue weighted by atomic mass is 10.0. The topological polar surface area (TPSA) is 48.1 Å². The number of hydrogen-bond donors (Lipinski definition) is 1. The summed E-state index contributed by atoms with van der Waals surface area (Å²) in [7, 11) is 5.68. The highest BCUT2D eigenvalue weighted by Gasteiger charge is 2.26. The fourth-order valence-electron chi connectivity index (χ4n) is 4.50. The average molecular weight is 459 g/mol. The highest BCUT2D eigenvalue weighted by atomic mass is 16.5. The molecule has 6 nitrogen and oxygen atoms in total. The number of carbonyl (C=O) groups excluding carboxylic acids is 1. The molecule has 1 heterocycles. The van der Waals surface area contributed by atoms with Crippen LogP contribution in [0.1, 0.15) is 22.0 Å². The molecule has 0 radical (unpaired) electrons. The fourth-order valence-corrected chi connectivity index (χ4v) is 4.50. The van der Waals surface area contributed by atoms with Gasteiger partial charge in [0.2, 0.25) is 0 Å². The van der Waals surface area contributed by atoms with E-state index in [1.165, 1.54) is 11.3 Å². The van der Waals surface area contributed by atoms with E-state index in [-0.39, 0.29) is 11.9 Å². The van der Waals surface area contributed by atoms with E-state index < -0.39 is 0 Å². The maximum absolute atomic E-state index is 13.0. The standard InChI is InChI=1S/C28H34N4O2/c1-30(2)23-15-13-22(14-16-23)26(21-29-28(33)25-11-7-8-12-27(25)34-3)32-19-17-31(18-20-32)24-9-5-4-6-10-24/h4-16,26H,17-21H2,1-3H3,(H,29,33). The number of methoxy groups -OCH3 is 1. The van der Waals surface area contributed by atoms with Crippen molar-refractivity contribution in [2.45, 2.75) is 6.04 Å². The van der Waals surface area contributed by atoms with Gasteiger partial charge in [0.05, 0.1) is 18.7 Å². The Morgan fingerprint density at radius 1 is 0.912 bits per heavy atom. The van der Waals surface area contributed by atoms with E-state index >= 15 is 0 Å². The summed E-state index contributed by atoms with van der Waals surface area (Å²) in [6.45, 7) is 4.30. The van der Waals surface area contributed by atoms with E-state index in [0.717, 1.165) is 31.9 Å². The van der Waals surface area contributed by atoms with Crippen molar-refractivity contribution < 1.29 is 9.53 Å². The van der Waals surface area contributed by atoms with Crippen molar-refractivity contribution in [3.63, 3.8) is 0 Å². The molecule has 4 rings (SSSR count). The van der Waals surface area contributed by atoms with Gasteiger partial charge in [-0.25, -0.2) is 0 Å². The van der Waals surface area contributed by atoms with Gasteiger partial charge in [-0.05, 0) is 42.0 Å². The predicted molar refractivity (Wildman–Crippen MR) is 139 cm³/mol. The Hall–Kier alpha value is -3.51. The molecule has 1 aliphatic heterocycles. The highest BCUT2D eigenvalue weighted by molar-refractivity contribution is 5.96. The number of nitrogens with one attached hydrogen (secondary N) is 1. The lowest BCUT2D eigenvalue weighted by Crippen LogP contribution is -2.50. The first-order valence-electron chi connectivity index (χ1n) is 11.8. The van der Waals surface area contributed by atoms with E-state index in [2.05, 4.69) is 74.6 Å². The van der Waals surface area contributed by atoms with Gasteiger partial charge in [-0.3, -0.25) is 9.69 Å².